The molecule has 0 saturated heterocycles. The first-order chi connectivity index (χ1) is 5.87. The molecule has 7 nitrogen and oxygen atoms in total. The second kappa shape index (κ2) is 3.05. The molecule has 0 saturated carbocycles. The Morgan fingerprint density at radius 3 is 2.15 bits per heavy atom. The quantitative estimate of drug-likeness (QED) is 0.567. The molecule has 0 aliphatic carbocycles. The van der Waals surface area contributed by atoms with Crippen LogP contribution in [0.2, 0.25) is 0 Å². The van der Waals surface area contributed by atoms with Crippen LogP contribution in [0, 0.1) is 0 Å². The lowest BCUT2D eigenvalue weighted by Gasteiger charge is -2.02. The van der Waals surface area contributed by atoms with E-state index in [0.29, 0.717) is 0 Å². The molecule has 0 aliphatic heterocycles. The summed E-state index contributed by atoms with van der Waals surface area (Å²) < 4.78 is 23.6. The third-order valence-corrected chi connectivity index (χ3v) is 1.60. The third kappa shape index (κ3) is 3.11. The number of nitrogens with two attached hydrogens (primary N) is 2. The van der Waals surface area contributed by atoms with Gasteiger partial charge in [0.25, 0.3) is 0 Å². The van der Waals surface area contributed by atoms with Gasteiger partial charge in [-0.2, -0.15) is 9.97 Å². The minimum atomic E-state index is -3.40. The number of anilines is 3. The molecule has 5 N–H and O–H groups in total. The Bertz CT molecular complexity index is 395. The first-order valence-electron chi connectivity index (χ1n) is 3.24. The summed E-state index contributed by atoms with van der Waals surface area (Å²) in [5.74, 6) is 0.0947. The second-order valence-electron chi connectivity index (χ2n) is 2.42. The van der Waals surface area contributed by atoms with Crippen LogP contribution in [-0.2, 0) is 10.0 Å². The Morgan fingerprint density at radius 2 is 1.77 bits per heavy atom. The van der Waals surface area contributed by atoms with E-state index in [4.69, 9.17) is 11.5 Å². The predicted octanol–water partition coefficient (Wildman–Crippen LogP) is -0.988. The van der Waals surface area contributed by atoms with E-state index >= 15 is 0 Å². The standard InChI is InChI=1S/C5H9N5O2S/c1-13(11,12)10-5-8-3(6)2-4(7)9-5/h2H,1H3,(H5,6,7,8,9,10). The summed E-state index contributed by atoms with van der Waals surface area (Å²) in [6, 6.07) is 1.33. The third-order valence-electron chi connectivity index (χ3n) is 1.04. The van der Waals surface area contributed by atoms with Crippen LogP contribution in [0.4, 0.5) is 17.6 Å². The molecular formula is C5H9N5O2S. The number of nitrogen functional groups attached to an aromatic ring is 2. The highest BCUT2D eigenvalue weighted by Gasteiger charge is 2.05. The number of hydrogen-bond donors (Lipinski definition) is 3. The van der Waals surface area contributed by atoms with Crippen molar-refractivity contribution >= 4 is 27.6 Å². The lowest BCUT2D eigenvalue weighted by Crippen LogP contribution is -2.13. The fourth-order valence-electron chi connectivity index (χ4n) is 0.697. The predicted molar refractivity (Wildman–Crippen MR) is 49.3 cm³/mol. The van der Waals surface area contributed by atoms with Crippen molar-refractivity contribution in [2.24, 2.45) is 0 Å². The largest absolute Gasteiger partial charge is 0.383 e. The van der Waals surface area contributed by atoms with Crippen LogP contribution < -0.4 is 16.2 Å². The first kappa shape index (κ1) is 9.52. The van der Waals surface area contributed by atoms with Gasteiger partial charge in [-0.25, -0.2) is 8.42 Å². The van der Waals surface area contributed by atoms with Crippen LogP contribution in [0.25, 0.3) is 0 Å². The Morgan fingerprint density at radius 1 is 1.31 bits per heavy atom. The molecule has 8 heteroatoms. The van der Waals surface area contributed by atoms with Crippen molar-refractivity contribution < 1.29 is 8.42 Å². The number of aromatic nitrogens is 2. The van der Waals surface area contributed by atoms with Crippen LogP contribution in [0.1, 0.15) is 0 Å². The molecule has 0 bridgehead atoms. The van der Waals surface area contributed by atoms with Gasteiger partial charge < -0.3 is 11.5 Å². The van der Waals surface area contributed by atoms with Crippen LogP contribution in [-0.4, -0.2) is 24.6 Å². The van der Waals surface area contributed by atoms with E-state index in [1.807, 2.05) is 0 Å². The molecule has 72 valence electrons. The lowest BCUT2D eigenvalue weighted by atomic mass is 10.5. The highest BCUT2D eigenvalue weighted by molar-refractivity contribution is 7.91. The molecule has 0 fully saturated rings. The summed E-state index contributed by atoms with van der Waals surface area (Å²) in [5, 5.41) is 0. The van der Waals surface area contributed by atoms with E-state index in [1.165, 1.54) is 6.07 Å². The maximum absolute atomic E-state index is 10.8. The molecule has 0 radical (unpaired) electrons. The van der Waals surface area contributed by atoms with Crippen LogP contribution >= 0.6 is 0 Å². The van der Waals surface area contributed by atoms with Gasteiger partial charge in [0.15, 0.2) is 0 Å². The molecule has 0 unspecified atom stereocenters. The topological polar surface area (TPSA) is 124 Å². The van der Waals surface area contributed by atoms with Gasteiger partial charge in [-0.3, -0.25) is 4.72 Å². The molecule has 0 spiro atoms. The SMILES string of the molecule is CS(=O)(=O)Nc1nc(N)cc(N)n1. The highest BCUT2D eigenvalue weighted by atomic mass is 32.2. The normalized spacial score (nSPS) is 11.2. The van der Waals surface area contributed by atoms with Crippen molar-refractivity contribution in [3.63, 3.8) is 0 Å². The Kier molecular flexibility index (Phi) is 2.24. The molecule has 1 aromatic heterocycles. The van der Waals surface area contributed by atoms with Gasteiger partial charge in [-0.15, -0.1) is 0 Å². The van der Waals surface area contributed by atoms with Crippen molar-refractivity contribution in [2.45, 2.75) is 0 Å². The molecule has 13 heavy (non-hydrogen) atoms. The minimum Gasteiger partial charge on any atom is -0.383 e. The first-order valence-corrected chi connectivity index (χ1v) is 5.14. The van der Waals surface area contributed by atoms with E-state index in [2.05, 4.69) is 14.7 Å². The van der Waals surface area contributed by atoms with E-state index in [0.717, 1.165) is 6.26 Å². The summed E-state index contributed by atoms with van der Waals surface area (Å²) in [6.07, 6.45) is 0.982. The molecule has 0 aromatic carbocycles. The molecule has 1 aromatic rings. The van der Waals surface area contributed by atoms with E-state index in [-0.39, 0.29) is 17.6 Å². The summed E-state index contributed by atoms with van der Waals surface area (Å²) in [7, 11) is -3.40. The summed E-state index contributed by atoms with van der Waals surface area (Å²) in [5.41, 5.74) is 10.6. The fraction of sp³-hybridized carbons (Fsp3) is 0.200. The number of sulfonamides is 1. The maximum Gasteiger partial charge on any atom is 0.240 e. The smallest absolute Gasteiger partial charge is 0.240 e. The van der Waals surface area contributed by atoms with Crippen molar-refractivity contribution in [1.29, 1.82) is 0 Å². The number of nitrogens with one attached hydrogen (secondary N) is 1. The van der Waals surface area contributed by atoms with Gasteiger partial charge >= 0.3 is 0 Å². The fourth-order valence-corrected chi connectivity index (χ4v) is 1.12. The number of rotatable bonds is 2. The van der Waals surface area contributed by atoms with Gasteiger partial charge in [-0.1, -0.05) is 0 Å². The second-order valence-corrected chi connectivity index (χ2v) is 4.16. The lowest BCUT2D eigenvalue weighted by molar-refractivity contribution is 0.606. The van der Waals surface area contributed by atoms with E-state index in [1.54, 1.807) is 0 Å². The van der Waals surface area contributed by atoms with Crippen molar-refractivity contribution in [3.05, 3.63) is 6.07 Å². The van der Waals surface area contributed by atoms with Crippen molar-refractivity contribution in [2.75, 3.05) is 22.4 Å². The van der Waals surface area contributed by atoms with E-state index in [9.17, 15) is 8.42 Å². The highest BCUT2D eigenvalue weighted by Crippen LogP contribution is 2.08. The Labute approximate surface area is 75.2 Å². The zero-order chi connectivity index (χ0) is 10.1. The van der Waals surface area contributed by atoms with Crippen LogP contribution in [0.3, 0.4) is 0 Å². The van der Waals surface area contributed by atoms with Gasteiger partial charge in [0, 0.05) is 6.07 Å². The monoisotopic (exact) mass is 203 g/mol. The maximum atomic E-state index is 10.8. The summed E-state index contributed by atoms with van der Waals surface area (Å²) in [4.78, 5) is 7.23. The van der Waals surface area contributed by atoms with E-state index < -0.39 is 10.0 Å². The zero-order valence-corrected chi connectivity index (χ0v) is 7.67. The van der Waals surface area contributed by atoms with Crippen LogP contribution in [0.5, 0.6) is 0 Å². The van der Waals surface area contributed by atoms with Crippen LogP contribution in [0.15, 0.2) is 6.07 Å². The zero-order valence-electron chi connectivity index (χ0n) is 6.85. The van der Waals surface area contributed by atoms with Gasteiger partial charge in [0.05, 0.1) is 6.26 Å². The molecule has 0 aliphatic rings. The number of nitrogens with zero attached hydrogens (tertiary/aromatic N) is 2. The van der Waals surface area contributed by atoms with Gasteiger partial charge in [0.1, 0.15) is 11.6 Å². The summed E-state index contributed by atoms with van der Waals surface area (Å²) >= 11 is 0. The Hall–Kier alpha value is -1.57. The minimum absolute atomic E-state index is 0.110. The number of hydrogen-bond acceptors (Lipinski definition) is 6. The van der Waals surface area contributed by atoms with Crippen molar-refractivity contribution in [1.82, 2.24) is 9.97 Å². The van der Waals surface area contributed by atoms with Crippen molar-refractivity contribution in [3.8, 4) is 0 Å². The Balaban J connectivity index is 3.03. The van der Waals surface area contributed by atoms with Gasteiger partial charge in [-0.05, 0) is 0 Å². The molecular weight excluding hydrogens is 194 g/mol. The molecule has 0 atom stereocenters. The average Bonchev–Trinajstić information content (AvgIpc) is 1.78. The molecule has 0 amide bonds. The molecule has 1 heterocycles. The average molecular weight is 203 g/mol. The molecule has 1 rings (SSSR count). The summed E-state index contributed by atoms with van der Waals surface area (Å²) in [6.45, 7) is 0. The van der Waals surface area contributed by atoms with Gasteiger partial charge in [0.2, 0.25) is 16.0 Å².